The van der Waals surface area contributed by atoms with Crippen molar-refractivity contribution >= 4 is 32.4 Å². The predicted octanol–water partition coefficient (Wildman–Crippen LogP) is 2.07. The summed E-state index contributed by atoms with van der Waals surface area (Å²) in [6, 6.07) is 9.04. The maximum absolute atomic E-state index is 13.7. The highest BCUT2D eigenvalue weighted by Crippen LogP contribution is 2.21. The Hall–Kier alpha value is -3.18. The monoisotopic (exact) mass is 391 g/mol. The smallest absolute Gasteiger partial charge is 0.269 e. The molecule has 1 heterocycles. The fourth-order valence-corrected chi connectivity index (χ4v) is 3.42. The Labute approximate surface area is 153 Å². The number of hydrogen-bond acceptors (Lipinski definition) is 7. The highest BCUT2D eigenvalue weighted by atomic mass is 32.2. The van der Waals surface area contributed by atoms with Crippen LogP contribution in [0.5, 0.6) is 0 Å². The first-order valence-electron chi connectivity index (χ1n) is 7.76. The summed E-state index contributed by atoms with van der Waals surface area (Å²) >= 11 is 0. The number of nitro benzene ring substituents is 1. The number of non-ortho nitro benzene ring substituents is 1. The van der Waals surface area contributed by atoms with E-state index in [1.165, 1.54) is 18.5 Å². The van der Waals surface area contributed by atoms with E-state index in [4.69, 9.17) is 0 Å². The van der Waals surface area contributed by atoms with Crippen LogP contribution in [0.1, 0.15) is 0 Å². The normalized spacial score (nSPS) is 11.4. The molecule has 9 nitrogen and oxygen atoms in total. The van der Waals surface area contributed by atoms with E-state index < -0.39 is 20.8 Å². The molecule has 0 spiro atoms. The molecular weight excluding hydrogens is 377 g/mol. The van der Waals surface area contributed by atoms with E-state index in [9.17, 15) is 22.9 Å². The Morgan fingerprint density at radius 1 is 1.07 bits per heavy atom. The molecule has 0 fully saturated rings. The molecule has 27 heavy (non-hydrogen) atoms. The largest absolute Gasteiger partial charge is 0.368 e. The van der Waals surface area contributed by atoms with Crippen LogP contribution in [0.2, 0.25) is 0 Å². The number of para-hydroxylation sites is 1. The van der Waals surface area contributed by atoms with Crippen LogP contribution >= 0.6 is 0 Å². The minimum absolute atomic E-state index is 0.0279. The lowest BCUT2D eigenvalue weighted by Crippen LogP contribution is -2.29. The fourth-order valence-electron chi connectivity index (χ4n) is 2.39. The summed E-state index contributed by atoms with van der Waals surface area (Å²) in [5.74, 6) is -0.0918. The second-order valence-corrected chi connectivity index (χ2v) is 7.20. The van der Waals surface area contributed by atoms with Gasteiger partial charge in [-0.15, -0.1) is 0 Å². The third kappa shape index (κ3) is 4.15. The van der Waals surface area contributed by atoms with E-state index >= 15 is 0 Å². The Morgan fingerprint density at radius 2 is 1.81 bits per heavy atom. The zero-order valence-electron chi connectivity index (χ0n) is 13.8. The predicted molar refractivity (Wildman–Crippen MR) is 96.3 cm³/mol. The molecule has 11 heteroatoms. The van der Waals surface area contributed by atoms with Gasteiger partial charge in [0.2, 0.25) is 10.0 Å². The summed E-state index contributed by atoms with van der Waals surface area (Å²) < 4.78 is 40.5. The van der Waals surface area contributed by atoms with Crippen molar-refractivity contribution in [2.45, 2.75) is 4.90 Å². The maximum Gasteiger partial charge on any atom is 0.269 e. The topological polar surface area (TPSA) is 127 Å². The van der Waals surface area contributed by atoms with E-state index in [0.29, 0.717) is 11.2 Å². The molecule has 0 aliphatic heterocycles. The van der Waals surface area contributed by atoms with Gasteiger partial charge in [0.1, 0.15) is 23.5 Å². The Morgan fingerprint density at radius 3 is 2.52 bits per heavy atom. The highest BCUT2D eigenvalue weighted by molar-refractivity contribution is 7.89. The van der Waals surface area contributed by atoms with E-state index in [2.05, 4.69) is 20.0 Å². The second kappa shape index (κ2) is 7.60. The number of benzene rings is 2. The summed E-state index contributed by atoms with van der Waals surface area (Å²) in [4.78, 5) is 17.8. The number of aromatic nitrogens is 2. The number of anilines is 1. The molecule has 0 aliphatic carbocycles. The molecule has 0 radical (unpaired) electrons. The van der Waals surface area contributed by atoms with Crippen molar-refractivity contribution in [3.05, 3.63) is 64.7 Å². The van der Waals surface area contributed by atoms with Gasteiger partial charge >= 0.3 is 0 Å². The molecule has 1 aromatic heterocycles. The quantitative estimate of drug-likeness (QED) is 0.358. The summed E-state index contributed by atoms with van der Waals surface area (Å²) in [5, 5.41) is 14.0. The van der Waals surface area contributed by atoms with E-state index in [1.807, 2.05) is 0 Å². The van der Waals surface area contributed by atoms with Gasteiger partial charge in [0.15, 0.2) is 0 Å². The zero-order chi connectivity index (χ0) is 19.4. The van der Waals surface area contributed by atoms with Crippen molar-refractivity contribution in [1.29, 1.82) is 0 Å². The molecular formula is C16H14FN5O4S. The van der Waals surface area contributed by atoms with Crippen molar-refractivity contribution in [3.8, 4) is 0 Å². The highest BCUT2D eigenvalue weighted by Gasteiger charge is 2.15. The lowest BCUT2D eigenvalue weighted by Gasteiger charge is -2.10. The van der Waals surface area contributed by atoms with E-state index in [0.717, 1.165) is 24.3 Å². The lowest BCUT2D eigenvalue weighted by molar-refractivity contribution is -0.384. The van der Waals surface area contributed by atoms with Crippen LogP contribution in [-0.2, 0) is 10.0 Å². The number of halogens is 1. The van der Waals surface area contributed by atoms with Gasteiger partial charge in [-0.05, 0) is 24.3 Å². The molecule has 0 unspecified atom stereocenters. The Bertz CT molecular complexity index is 1090. The number of hydrogen-bond donors (Lipinski definition) is 2. The molecule has 2 N–H and O–H groups in total. The van der Waals surface area contributed by atoms with E-state index in [-0.39, 0.29) is 29.2 Å². The second-order valence-electron chi connectivity index (χ2n) is 5.43. The minimum Gasteiger partial charge on any atom is -0.368 e. The summed E-state index contributed by atoms with van der Waals surface area (Å²) in [6.45, 7) is 0.217. The van der Waals surface area contributed by atoms with Crippen LogP contribution in [0.3, 0.4) is 0 Å². The molecule has 0 aliphatic rings. The van der Waals surface area contributed by atoms with Gasteiger partial charge < -0.3 is 5.32 Å². The van der Waals surface area contributed by atoms with Crippen LogP contribution in [0.25, 0.3) is 10.9 Å². The van der Waals surface area contributed by atoms with Crippen LogP contribution in [0, 0.1) is 15.9 Å². The van der Waals surface area contributed by atoms with Gasteiger partial charge in [-0.1, -0.05) is 6.07 Å². The average molecular weight is 391 g/mol. The molecule has 0 amide bonds. The molecule has 2 aromatic carbocycles. The molecule has 3 aromatic rings. The minimum atomic E-state index is -3.81. The fraction of sp³-hybridized carbons (Fsp3) is 0.125. The molecule has 0 saturated carbocycles. The van der Waals surface area contributed by atoms with Gasteiger partial charge in [0.05, 0.1) is 9.82 Å². The third-order valence-electron chi connectivity index (χ3n) is 3.68. The van der Waals surface area contributed by atoms with Crippen LogP contribution in [0.4, 0.5) is 15.9 Å². The number of sulfonamides is 1. The van der Waals surface area contributed by atoms with Crippen molar-refractivity contribution < 1.29 is 17.7 Å². The molecule has 0 saturated heterocycles. The van der Waals surface area contributed by atoms with Gasteiger partial charge in [-0.2, -0.15) is 0 Å². The average Bonchev–Trinajstić information content (AvgIpc) is 2.66. The van der Waals surface area contributed by atoms with E-state index in [1.54, 1.807) is 6.07 Å². The van der Waals surface area contributed by atoms with Gasteiger partial charge in [-0.3, -0.25) is 10.1 Å². The van der Waals surface area contributed by atoms with Crippen LogP contribution in [-0.4, -0.2) is 36.4 Å². The van der Waals surface area contributed by atoms with Gasteiger partial charge in [0, 0.05) is 30.6 Å². The summed E-state index contributed by atoms with van der Waals surface area (Å²) in [7, 11) is -3.81. The molecule has 140 valence electrons. The molecule has 0 bridgehead atoms. The summed E-state index contributed by atoms with van der Waals surface area (Å²) in [6.07, 6.45) is 1.22. The zero-order valence-corrected chi connectivity index (χ0v) is 14.6. The van der Waals surface area contributed by atoms with Crippen LogP contribution in [0.15, 0.2) is 53.7 Å². The van der Waals surface area contributed by atoms with Crippen LogP contribution < -0.4 is 10.0 Å². The first-order chi connectivity index (χ1) is 12.9. The number of nitro groups is 1. The maximum atomic E-state index is 13.7. The third-order valence-corrected chi connectivity index (χ3v) is 5.16. The van der Waals surface area contributed by atoms with Crippen molar-refractivity contribution in [2.75, 3.05) is 18.4 Å². The molecule has 0 atom stereocenters. The number of nitrogens with zero attached hydrogens (tertiary/aromatic N) is 3. The summed E-state index contributed by atoms with van der Waals surface area (Å²) in [5.41, 5.74) is -0.0278. The lowest BCUT2D eigenvalue weighted by atomic mass is 10.2. The Balaban J connectivity index is 1.63. The van der Waals surface area contributed by atoms with Crippen molar-refractivity contribution in [2.24, 2.45) is 0 Å². The number of fused-ring (bicyclic) bond motifs is 1. The first-order valence-corrected chi connectivity index (χ1v) is 9.24. The Kier molecular flexibility index (Phi) is 5.23. The SMILES string of the molecule is O=[N+]([O-])c1ccc(S(=O)(=O)NCCNc2ncnc3c(F)cccc23)cc1. The molecule has 3 rings (SSSR count). The van der Waals surface area contributed by atoms with Gasteiger partial charge in [0.25, 0.3) is 5.69 Å². The van der Waals surface area contributed by atoms with Crippen molar-refractivity contribution in [1.82, 2.24) is 14.7 Å². The van der Waals surface area contributed by atoms with Crippen molar-refractivity contribution in [3.63, 3.8) is 0 Å². The standard InChI is InChI=1S/C16H14FN5O4S/c17-14-3-1-2-13-15(14)19-10-20-16(13)18-8-9-21-27(25,26)12-6-4-11(5-7-12)22(23)24/h1-7,10,21H,8-9H2,(H,18,19,20). The van der Waals surface area contributed by atoms with Gasteiger partial charge in [-0.25, -0.2) is 27.5 Å². The number of rotatable bonds is 7. The first kappa shape index (κ1) is 18.6. The number of nitrogens with one attached hydrogen (secondary N) is 2.